The zero-order valence-corrected chi connectivity index (χ0v) is 20.4. The lowest BCUT2D eigenvalue weighted by Crippen LogP contribution is -2.14. The Labute approximate surface area is 203 Å². The van der Waals surface area contributed by atoms with E-state index in [0.717, 1.165) is 24.5 Å². The fourth-order valence-corrected chi connectivity index (χ4v) is 4.14. The first-order valence-corrected chi connectivity index (χ1v) is 12.2. The first-order valence-electron chi connectivity index (χ1n) is 11.2. The maximum Gasteiger partial charge on any atom is 0.292 e. The number of amides is 1. The number of rotatable bonds is 12. The van der Waals surface area contributed by atoms with Crippen molar-refractivity contribution in [1.29, 1.82) is 0 Å². The number of nitro groups is 1. The van der Waals surface area contributed by atoms with E-state index in [1.165, 1.54) is 29.5 Å². The van der Waals surface area contributed by atoms with Gasteiger partial charge < -0.3 is 14.6 Å². The number of carbonyl (C=O) groups is 1. The number of nitro benzene ring substituents is 1. The van der Waals surface area contributed by atoms with Crippen molar-refractivity contribution in [1.82, 2.24) is 14.8 Å². The molecule has 1 N–H and O–H groups in total. The van der Waals surface area contributed by atoms with E-state index in [0.29, 0.717) is 23.4 Å². The van der Waals surface area contributed by atoms with E-state index in [-0.39, 0.29) is 23.7 Å². The van der Waals surface area contributed by atoms with Gasteiger partial charge in [0.25, 0.3) is 5.69 Å². The van der Waals surface area contributed by atoms with E-state index in [1.807, 2.05) is 28.8 Å². The second kappa shape index (κ2) is 12.2. The second-order valence-electron chi connectivity index (χ2n) is 8.11. The fraction of sp³-hybridized carbons (Fsp3) is 0.375. The van der Waals surface area contributed by atoms with Crippen LogP contribution in [0.2, 0.25) is 0 Å². The zero-order valence-electron chi connectivity index (χ0n) is 19.6. The van der Waals surface area contributed by atoms with Gasteiger partial charge >= 0.3 is 0 Å². The summed E-state index contributed by atoms with van der Waals surface area (Å²) in [5.41, 5.74) is 1.31. The molecule has 1 amide bonds. The number of benzene rings is 2. The zero-order chi connectivity index (χ0) is 24.5. The van der Waals surface area contributed by atoms with Gasteiger partial charge in [0, 0.05) is 24.8 Å². The molecule has 2 aromatic carbocycles. The number of aryl methyl sites for hydroxylation is 1. The van der Waals surface area contributed by atoms with Crippen molar-refractivity contribution >= 4 is 29.0 Å². The Morgan fingerprint density at radius 1 is 1.18 bits per heavy atom. The highest BCUT2D eigenvalue weighted by molar-refractivity contribution is 7.99. The topological polar surface area (TPSA) is 112 Å². The molecule has 0 unspecified atom stereocenters. The molecule has 0 atom stereocenters. The highest BCUT2D eigenvalue weighted by Gasteiger charge is 2.17. The van der Waals surface area contributed by atoms with Gasteiger partial charge in [0.2, 0.25) is 5.91 Å². The largest absolute Gasteiger partial charge is 0.486 e. The van der Waals surface area contributed by atoms with Gasteiger partial charge in [0.15, 0.2) is 11.0 Å². The minimum atomic E-state index is -0.513. The number of nitrogens with zero attached hydrogens (tertiary/aromatic N) is 4. The first-order chi connectivity index (χ1) is 16.4. The van der Waals surface area contributed by atoms with Crippen molar-refractivity contribution in [2.45, 2.75) is 51.9 Å². The van der Waals surface area contributed by atoms with E-state index in [4.69, 9.17) is 4.74 Å². The SMILES string of the molecule is CCc1ccc(OCc2nnc(SCCC(=O)Nc3ccccc3[N+](=O)[O-])n2CC(C)C)cc1. The average molecular weight is 484 g/mol. The smallest absolute Gasteiger partial charge is 0.292 e. The Morgan fingerprint density at radius 2 is 1.91 bits per heavy atom. The number of ether oxygens (including phenoxy) is 1. The summed E-state index contributed by atoms with van der Waals surface area (Å²) >= 11 is 1.42. The van der Waals surface area contributed by atoms with Crippen molar-refractivity contribution in [2.75, 3.05) is 11.1 Å². The number of hydrogen-bond donors (Lipinski definition) is 1. The number of aromatic nitrogens is 3. The van der Waals surface area contributed by atoms with Gasteiger partial charge in [-0.05, 0) is 36.1 Å². The Hall–Kier alpha value is -3.40. The van der Waals surface area contributed by atoms with Gasteiger partial charge in [0.1, 0.15) is 18.0 Å². The maximum atomic E-state index is 12.3. The molecular weight excluding hydrogens is 454 g/mol. The number of anilines is 1. The lowest BCUT2D eigenvalue weighted by atomic mass is 10.2. The average Bonchev–Trinajstić information content (AvgIpc) is 3.18. The molecule has 0 spiro atoms. The Kier molecular flexibility index (Phi) is 9.03. The fourth-order valence-electron chi connectivity index (χ4n) is 3.24. The van der Waals surface area contributed by atoms with Crippen LogP contribution in [0, 0.1) is 16.0 Å². The van der Waals surface area contributed by atoms with Crippen LogP contribution in [0.15, 0.2) is 53.7 Å². The summed E-state index contributed by atoms with van der Waals surface area (Å²) < 4.78 is 7.94. The Balaban J connectivity index is 1.59. The maximum absolute atomic E-state index is 12.3. The Bertz CT molecular complexity index is 1110. The normalized spacial score (nSPS) is 10.9. The van der Waals surface area contributed by atoms with Crippen molar-refractivity contribution < 1.29 is 14.5 Å². The predicted octanol–water partition coefficient (Wildman–Crippen LogP) is 5.10. The minimum absolute atomic E-state index is 0.130. The van der Waals surface area contributed by atoms with E-state index < -0.39 is 4.92 Å². The minimum Gasteiger partial charge on any atom is -0.486 e. The summed E-state index contributed by atoms with van der Waals surface area (Å²) in [5, 5.41) is 23.1. The molecule has 34 heavy (non-hydrogen) atoms. The van der Waals surface area contributed by atoms with Crippen LogP contribution in [-0.4, -0.2) is 31.3 Å². The third-order valence-corrected chi connectivity index (χ3v) is 5.94. The molecule has 1 heterocycles. The van der Waals surface area contributed by atoms with Crippen LogP contribution in [-0.2, 0) is 24.4 Å². The molecule has 0 bridgehead atoms. The molecule has 0 fully saturated rings. The van der Waals surface area contributed by atoms with Crippen LogP contribution in [0.1, 0.15) is 38.6 Å². The van der Waals surface area contributed by atoms with Gasteiger partial charge in [-0.2, -0.15) is 0 Å². The van der Waals surface area contributed by atoms with E-state index >= 15 is 0 Å². The molecule has 0 aliphatic rings. The number of carbonyl (C=O) groups excluding carboxylic acids is 1. The third kappa shape index (κ3) is 7.05. The molecule has 0 saturated heterocycles. The first kappa shape index (κ1) is 25.2. The van der Waals surface area contributed by atoms with E-state index in [2.05, 4.69) is 36.3 Å². The summed E-state index contributed by atoms with van der Waals surface area (Å²) in [7, 11) is 0. The molecule has 1 aromatic heterocycles. The van der Waals surface area contributed by atoms with Crippen LogP contribution >= 0.6 is 11.8 Å². The quantitative estimate of drug-likeness (QED) is 0.216. The predicted molar refractivity (Wildman–Crippen MR) is 132 cm³/mol. The molecule has 0 radical (unpaired) electrons. The summed E-state index contributed by atoms with van der Waals surface area (Å²) in [4.78, 5) is 23.0. The van der Waals surface area contributed by atoms with Gasteiger partial charge in [0.05, 0.1) is 4.92 Å². The highest BCUT2D eigenvalue weighted by Crippen LogP contribution is 2.24. The van der Waals surface area contributed by atoms with Crippen molar-refractivity contribution in [3.63, 3.8) is 0 Å². The molecule has 10 heteroatoms. The van der Waals surface area contributed by atoms with E-state index in [1.54, 1.807) is 12.1 Å². The lowest BCUT2D eigenvalue weighted by Gasteiger charge is -2.13. The van der Waals surface area contributed by atoms with Crippen LogP contribution in [0.4, 0.5) is 11.4 Å². The molecule has 9 nitrogen and oxygen atoms in total. The molecule has 3 rings (SSSR count). The molecular formula is C24H29N5O4S. The second-order valence-corrected chi connectivity index (χ2v) is 9.17. The molecule has 180 valence electrons. The summed E-state index contributed by atoms with van der Waals surface area (Å²) in [6.07, 6.45) is 1.16. The van der Waals surface area contributed by atoms with Crippen LogP contribution in [0.25, 0.3) is 0 Å². The highest BCUT2D eigenvalue weighted by atomic mass is 32.2. The van der Waals surface area contributed by atoms with Crippen molar-refractivity contribution in [2.24, 2.45) is 5.92 Å². The summed E-state index contributed by atoms with van der Waals surface area (Å²) in [6.45, 7) is 7.36. The number of thioether (sulfide) groups is 1. The van der Waals surface area contributed by atoms with Gasteiger partial charge in [-0.1, -0.05) is 56.8 Å². The number of nitrogens with one attached hydrogen (secondary N) is 1. The summed E-state index contributed by atoms with van der Waals surface area (Å²) in [6, 6.07) is 14.1. The standard InChI is InChI=1S/C24H29N5O4S/c1-4-18-9-11-19(12-10-18)33-16-22-26-27-24(28(22)15-17(2)3)34-14-13-23(30)25-20-7-5-6-8-21(20)29(31)32/h5-12,17H,4,13-16H2,1-3H3,(H,25,30). The monoisotopic (exact) mass is 483 g/mol. The number of para-hydroxylation sites is 2. The molecule has 0 aliphatic carbocycles. The van der Waals surface area contributed by atoms with E-state index in [9.17, 15) is 14.9 Å². The molecule has 0 saturated carbocycles. The number of hydrogen-bond acceptors (Lipinski definition) is 7. The Morgan fingerprint density at radius 3 is 2.59 bits per heavy atom. The van der Waals surface area contributed by atoms with Crippen molar-refractivity contribution in [3.05, 3.63) is 70.0 Å². The van der Waals surface area contributed by atoms with Gasteiger partial charge in [-0.15, -0.1) is 10.2 Å². The van der Waals surface area contributed by atoms with Gasteiger partial charge in [-0.25, -0.2) is 0 Å². The van der Waals surface area contributed by atoms with Crippen LogP contribution < -0.4 is 10.1 Å². The third-order valence-electron chi connectivity index (χ3n) is 4.98. The molecule has 3 aromatic rings. The summed E-state index contributed by atoms with van der Waals surface area (Å²) in [5.74, 6) is 2.04. The van der Waals surface area contributed by atoms with Gasteiger partial charge in [-0.3, -0.25) is 14.9 Å². The van der Waals surface area contributed by atoms with Crippen LogP contribution in [0.5, 0.6) is 5.75 Å². The molecule has 0 aliphatic heterocycles. The lowest BCUT2D eigenvalue weighted by molar-refractivity contribution is -0.383. The van der Waals surface area contributed by atoms with Crippen LogP contribution in [0.3, 0.4) is 0 Å². The van der Waals surface area contributed by atoms with Crippen molar-refractivity contribution in [3.8, 4) is 5.75 Å².